The Hall–Kier alpha value is -0.940. The molecular weight excluding hydrogens is 284 g/mol. The quantitative estimate of drug-likeness (QED) is 0.878. The van der Waals surface area contributed by atoms with E-state index in [1.54, 1.807) is 11.3 Å². The van der Waals surface area contributed by atoms with Crippen molar-refractivity contribution in [3.63, 3.8) is 0 Å². The smallest absolute Gasteiger partial charge is 0.310 e. The van der Waals surface area contributed by atoms with E-state index < -0.39 is 11.4 Å². The average Bonchev–Trinajstić information content (AvgIpc) is 3.13. The molecule has 0 bridgehead atoms. The molecule has 0 aromatic carbocycles. The minimum Gasteiger partial charge on any atom is -0.481 e. The first-order valence-corrected chi connectivity index (χ1v) is 8.88. The maximum atomic E-state index is 11.3. The number of carbonyl (C=O) groups is 1. The molecule has 0 atom stereocenters. The second-order valence-electron chi connectivity index (χ2n) is 6.60. The van der Waals surface area contributed by atoms with Crippen molar-refractivity contribution in [2.24, 2.45) is 11.3 Å². The third kappa shape index (κ3) is 3.46. The lowest BCUT2D eigenvalue weighted by molar-refractivity contribution is -0.144. The highest BCUT2D eigenvalue weighted by Gasteiger charge is 2.51. The standard InChI is InChI=1S/C16H24N2O2S/c1-2-13-10-21-14(17-13)9-12-3-7-18(8-4-12)11-16(5-6-16)15(19)20/h10,12H,2-9,11H2,1H3,(H,19,20). The number of hydrogen-bond acceptors (Lipinski definition) is 4. The Morgan fingerprint density at radius 1 is 1.48 bits per heavy atom. The van der Waals surface area contributed by atoms with Gasteiger partial charge >= 0.3 is 5.97 Å². The third-order valence-electron chi connectivity index (χ3n) is 4.97. The van der Waals surface area contributed by atoms with E-state index in [9.17, 15) is 9.90 Å². The summed E-state index contributed by atoms with van der Waals surface area (Å²) in [6, 6.07) is 0. The molecular formula is C16H24N2O2S. The molecule has 0 spiro atoms. The molecule has 2 aliphatic rings. The predicted molar refractivity (Wildman–Crippen MR) is 83.7 cm³/mol. The molecule has 1 saturated heterocycles. The zero-order valence-corrected chi connectivity index (χ0v) is 13.5. The first-order chi connectivity index (χ1) is 10.1. The SMILES string of the molecule is CCc1csc(CC2CCN(CC3(C(=O)O)CC3)CC2)n1. The molecule has 5 heteroatoms. The third-order valence-corrected chi connectivity index (χ3v) is 5.89. The van der Waals surface area contributed by atoms with E-state index in [1.165, 1.54) is 23.5 Å². The van der Waals surface area contributed by atoms with Crippen LogP contribution in [-0.4, -0.2) is 40.6 Å². The zero-order valence-electron chi connectivity index (χ0n) is 12.7. The molecule has 0 unspecified atom stereocenters. The van der Waals surface area contributed by atoms with Crippen molar-refractivity contribution in [1.29, 1.82) is 0 Å². The van der Waals surface area contributed by atoms with Crippen LogP contribution in [-0.2, 0) is 17.6 Å². The van der Waals surface area contributed by atoms with E-state index in [4.69, 9.17) is 0 Å². The molecule has 1 N–H and O–H groups in total. The fraction of sp³-hybridized carbons (Fsp3) is 0.750. The highest BCUT2D eigenvalue weighted by Crippen LogP contribution is 2.46. The van der Waals surface area contributed by atoms with Gasteiger partial charge in [0.1, 0.15) is 0 Å². The van der Waals surface area contributed by atoms with Gasteiger partial charge in [-0.1, -0.05) is 6.92 Å². The Morgan fingerprint density at radius 3 is 2.71 bits per heavy atom. The van der Waals surface area contributed by atoms with E-state index in [-0.39, 0.29) is 0 Å². The van der Waals surface area contributed by atoms with Crippen molar-refractivity contribution >= 4 is 17.3 Å². The number of carboxylic acids is 1. The van der Waals surface area contributed by atoms with Crippen LogP contribution in [0.15, 0.2) is 5.38 Å². The average molecular weight is 308 g/mol. The number of nitrogens with zero attached hydrogens (tertiary/aromatic N) is 2. The zero-order chi connectivity index (χ0) is 14.9. The van der Waals surface area contributed by atoms with Gasteiger partial charge in [0.05, 0.1) is 16.1 Å². The van der Waals surface area contributed by atoms with Crippen molar-refractivity contribution in [3.05, 3.63) is 16.1 Å². The van der Waals surface area contributed by atoms with Gasteiger partial charge in [0.2, 0.25) is 0 Å². The first kappa shape index (κ1) is 15.0. The lowest BCUT2D eigenvalue weighted by atomic mass is 9.93. The van der Waals surface area contributed by atoms with Crippen LogP contribution in [0, 0.1) is 11.3 Å². The van der Waals surface area contributed by atoms with Crippen molar-refractivity contribution in [3.8, 4) is 0 Å². The first-order valence-electron chi connectivity index (χ1n) is 8.00. The van der Waals surface area contributed by atoms with Gasteiger partial charge in [-0.25, -0.2) is 4.98 Å². The van der Waals surface area contributed by atoms with E-state index in [2.05, 4.69) is 22.2 Å². The van der Waals surface area contributed by atoms with Gasteiger partial charge in [-0.15, -0.1) is 11.3 Å². The number of aromatic nitrogens is 1. The summed E-state index contributed by atoms with van der Waals surface area (Å²) in [6.45, 7) is 5.00. The summed E-state index contributed by atoms with van der Waals surface area (Å²) < 4.78 is 0. The molecule has 0 radical (unpaired) electrons. The van der Waals surface area contributed by atoms with Crippen molar-refractivity contribution in [1.82, 2.24) is 9.88 Å². The van der Waals surface area contributed by atoms with Gasteiger partial charge < -0.3 is 10.0 Å². The van der Waals surface area contributed by atoms with Crippen molar-refractivity contribution < 1.29 is 9.90 Å². The van der Waals surface area contributed by atoms with Crippen molar-refractivity contribution in [2.45, 2.75) is 45.4 Å². The lowest BCUT2D eigenvalue weighted by Crippen LogP contribution is -2.40. The van der Waals surface area contributed by atoms with E-state index in [0.29, 0.717) is 0 Å². The molecule has 1 aromatic heterocycles. The van der Waals surface area contributed by atoms with Gasteiger partial charge in [-0.2, -0.15) is 0 Å². The second kappa shape index (κ2) is 6.05. The van der Waals surface area contributed by atoms with Crippen LogP contribution in [0.4, 0.5) is 0 Å². The molecule has 0 amide bonds. The number of aliphatic carboxylic acids is 1. The number of aryl methyl sites for hydroxylation is 1. The predicted octanol–water partition coefficient (Wildman–Crippen LogP) is 2.82. The number of likely N-dealkylation sites (tertiary alicyclic amines) is 1. The molecule has 1 aromatic rings. The Kier molecular flexibility index (Phi) is 4.31. The van der Waals surface area contributed by atoms with E-state index in [1.807, 2.05) is 0 Å². The Bertz CT molecular complexity index is 502. The van der Waals surface area contributed by atoms with E-state index in [0.717, 1.165) is 51.2 Å². The van der Waals surface area contributed by atoms with Crippen molar-refractivity contribution in [2.75, 3.05) is 19.6 Å². The molecule has 1 saturated carbocycles. The summed E-state index contributed by atoms with van der Waals surface area (Å²) in [6.07, 6.45) is 6.20. The fourth-order valence-corrected chi connectivity index (χ4v) is 4.21. The monoisotopic (exact) mass is 308 g/mol. The van der Waals surface area contributed by atoms with Gasteiger partial charge in [0.25, 0.3) is 0 Å². The van der Waals surface area contributed by atoms with Crippen LogP contribution < -0.4 is 0 Å². The lowest BCUT2D eigenvalue weighted by Gasteiger charge is -2.33. The van der Waals surface area contributed by atoms with Crippen LogP contribution in [0.2, 0.25) is 0 Å². The molecule has 2 fully saturated rings. The van der Waals surface area contributed by atoms with E-state index >= 15 is 0 Å². The number of hydrogen-bond donors (Lipinski definition) is 1. The van der Waals surface area contributed by atoms with Gasteiger partial charge in [-0.3, -0.25) is 4.79 Å². The normalized spacial score (nSPS) is 22.3. The summed E-state index contributed by atoms with van der Waals surface area (Å²) in [7, 11) is 0. The number of carboxylic acid groups (broad SMARTS) is 1. The summed E-state index contributed by atoms with van der Waals surface area (Å²) in [5, 5.41) is 12.7. The topological polar surface area (TPSA) is 53.4 Å². The van der Waals surface area contributed by atoms with Gasteiger partial charge in [0, 0.05) is 18.3 Å². The molecule has 3 rings (SSSR count). The number of piperidine rings is 1. The minimum atomic E-state index is -0.598. The van der Waals surface area contributed by atoms with Crippen LogP contribution in [0.5, 0.6) is 0 Å². The largest absolute Gasteiger partial charge is 0.481 e. The molecule has 1 aliphatic heterocycles. The molecule has 2 heterocycles. The molecule has 21 heavy (non-hydrogen) atoms. The number of rotatable bonds is 6. The summed E-state index contributed by atoms with van der Waals surface area (Å²) in [4.78, 5) is 18.3. The van der Waals surface area contributed by atoms with Gasteiger partial charge in [0.15, 0.2) is 0 Å². The summed E-state index contributed by atoms with van der Waals surface area (Å²) in [5.41, 5.74) is 0.808. The highest BCUT2D eigenvalue weighted by atomic mass is 32.1. The summed E-state index contributed by atoms with van der Waals surface area (Å²) in [5.74, 6) is 0.122. The Labute approximate surface area is 130 Å². The van der Waals surface area contributed by atoms with Crippen LogP contribution >= 0.6 is 11.3 Å². The van der Waals surface area contributed by atoms with Crippen LogP contribution in [0.3, 0.4) is 0 Å². The Balaban J connectivity index is 1.46. The maximum absolute atomic E-state index is 11.3. The van der Waals surface area contributed by atoms with Crippen LogP contribution in [0.1, 0.15) is 43.3 Å². The molecule has 4 nitrogen and oxygen atoms in total. The fourth-order valence-electron chi connectivity index (χ4n) is 3.22. The Morgan fingerprint density at radius 2 is 2.19 bits per heavy atom. The molecule has 1 aliphatic carbocycles. The maximum Gasteiger partial charge on any atom is 0.310 e. The number of thiazole rings is 1. The van der Waals surface area contributed by atoms with Gasteiger partial charge in [-0.05, 0) is 51.1 Å². The highest BCUT2D eigenvalue weighted by molar-refractivity contribution is 7.09. The molecule has 116 valence electrons. The summed E-state index contributed by atoms with van der Waals surface area (Å²) >= 11 is 1.79. The van der Waals surface area contributed by atoms with Crippen LogP contribution in [0.25, 0.3) is 0 Å². The minimum absolute atomic E-state index is 0.405. The second-order valence-corrected chi connectivity index (χ2v) is 7.54.